The number of carbonyl (C=O) groups is 1. The number of rotatable bonds is 6. The second-order valence-electron chi connectivity index (χ2n) is 7.84. The molecule has 33 heavy (non-hydrogen) atoms. The molecular formula is C27H22N4O2. The number of aromatic nitrogens is 4. The van der Waals surface area contributed by atoms with Crippen molar-refractivity contribution < 1.29 is 9.90 Å². The van der Waals surface area contributed by atoms with Crippen LogP contribution in [0.2, 0.25) is 0 Å². The van der Waals surface area contributed by atoms with E-state index in [1.807, 2.05) is 42.7 Å². The number of nitrogens with one attached hydrogen (secondary N) is 2. The van der Waals surface area contributed by atoms with Gasteiger partial charge in [0.25, 0.3) is 0 Å². The quantitative estimate of drug-likeness (QED) is 0.229. The van der Waals surface area contributed by atoms with Gasteiger partial charge >= 0.3 is 5.97 Å². The fraction of sp³-hybridized carbons (Fsp3) is 0.0741. The molecule has 0 aliphatic carbocycles. The third-order valence-electron chi connectivity index (χ3n) is 5.79. The first-order chi connectivity index (χ1) is 16.1. The summed E-state index contributed by atoms with van der Waals surface area (Å²) in [7, 11) is 0. The predicted octanol–water partition coefficient (Wildman–Crippen LogP) is 5.91. The molecule has 5 aromatic rings. The van der Waals surface area contributed by atoms with Crippen LogP contribution in [0.3, 0.4) is 0 Å². The molecule has 6 heteroatoms. The van der Waals surface area contributed by atoms with Gasteiger partial charge in [0.1, 0.15) is 0 Å². The zero-order valence-electron chi connectivity index (χ0n) is 18.0. The summed E-state index contributed by atoms with van der Waals surface area (Å²) < 4.78 is 0. The van der Waals surface area contributed by atoms with Crippen LogP contribution in [-0.4, -0.2) is 31.5 Å². The van der Waals surface area contributed by atoms with E-state index in [2.05, 4.69) is 57.7 Å². The van der Waals surface area contributed by atoms with E-state index < -0.39 is 5.97 Å². The standard InChI is InChI=1S/C27H22N4O2/c1-2-23(19-8-9-21-15-28-31-25(21)14-19)27(20-10-11-24-22(13-20)16-29-30-24)18-6-3-17(4-7-18)5-12-26(32)33/h3-16H,2H2,1H3,(H,28,31)(H,29,30)(H,32,33)/b12-5+,27-23+. The Balaban J connectivity index is 1.71. The van der Waals surface area contributed by atoms with Crippen LogP contribution in [0.25, 0.3) is 39.0 Å². The highest BCUT2D eigenvalue weighted by atomic mass is 16.4. The molecule has 3 N–H and O–H groups in total. The Morgan fingerprint density at radius 1 is 0.848 bits per heavy atom. The third kappa shape index (κ3) is 4.06. The van der Waals surface area contributed by atoms with Crippen LogP contribution in [0.15, 0.2) is 79.1 Å². The smallest absolute Gasteiger partial charge is 0.328 e. The lowest BCUT2D eigenvalue weighted by Gasteiger charge is -2.17. The minimum absolute atomic E-state index is 0.832. The largest absolute Gasteiger partial charge is 0.478 e. The average Bonchev–Trinajstić information content (AvgIpc) is 3.50. The van der Waals surface area contributed by atoms with Gasteiger partial charge in [0.05, 0.1) is 23.4 Å². The number of benzene rings is 3. The molecule has 0 saturated heterocycles. The summed E-state index contributed by atoms with van der Waals surface area (Å²) >= 11 is 0. The molecule has 0 radical (unpaired) electrons. The minimum Gasteiger partial charge on any atom is -0.478 e. The highest BCUT2D eigenvalue weighted by Crippen LogP contribution is 2.36. The summed E-state index contributed by atoms with van der Waals surface area (Å²) in [5.41, 5.74) is 8.46. The van der Waals surface area contributed by atoms with Gasteiger partial charge in [-0.25, -0.2) is 4.79 Å². The first kappa shape index (κ1) is 20.5. The van der Waals surface area contributed by atoms with Crippen LogP contribution >= 0.6 is 0 Å². The Bertz CT molecular complexity index is 1520. The van der Waals surface area contributed by atoms with E-state index in [1.165, 1.54) is 5.57 Å². The van der Waals surface area contributed by atoms with Gasteiger partial charge in [-0.05, 0) is 64.1 Å². The maximum absolute atomic E-state index is 10.9. The molecule has 3 aromatic carbocycles. The van der Waals surface area contributed by atoms with E-state index in [9.17, 15) is 4.79 Å². The molecule has 2 aromatic heterocycles. The van der Waals surface area contributed by atoms with Crippen molar-refractivity contribution in [2.75, 3.05) is 0 Å². The summed E-state index contributed by atoms with van der Waals surface area (Å²) in [5.74, 6) is -0.962. The summed E-state index contributed by atoms with van der Waals surface area (Å²) in [6.07, 6.45) is 7.23. The molecule has 0 saturated carbocycles. The van der Waals surface area contributed by atoms with Gasteiger partial charge in [0, 0.05) is 16.8 Å². The molecule has 5 rings (SSSR count). The Hall–Kier alpha value is -4.45. The molecule has 0 spiro atoms. The van der Waals surface area contributed by atoms with Crippen LogP contribution in [0.5, 0.6) is 0 Å². The number of aliphatic carboxylic acids is 1. The number of nitrogens with zero attached hydrogens (tertiary/aromatic N) is 2. The summed E-state index contributed by atoms with van der Waals surface area (Å²) in [6.45, 7) is 2.16. The fourth-order valence-electron chi connectivity index (χ4n) is 4.19. The molecule has 0 amide bonds. The number of carboxylic acid groups (broad SMARTS) is 1. The topological polar surface area (TPSA) is 94.7 Å². The monoisotopic (exact) mass is 434 g/mol. The van der Waals surface area contributed by atoms with Crippen molar-refractivity contribution in [3.05, 3.63) is 101 Å². The Morgan fingerprint density at radius 3 is 2.30 bits per heavy atom. The number of hydrogen-bond acceptors (Lipinski definition) is 3. The average molecular weight is 434 g/mol. The molecule has 6 nitrogen and oxygen atoms in total. The van der Waals surface area contributed by atoms with E-state index in [-0.39, 0.29) is 0 Å². The Morgan fingerprint density at radius 2 is 1.55 bits per heavy atom. The van der Waals surface area contributed by atoms with Crippen LogP contribution in [0.1, 0.15) is 35.6 Å². The van der Waals surface area contributed by atoms with Crippen molar-refractivity contribution in [1.82, 2.24) is 20.4 Å². The van der Waals surface area contributed by atoms with E-state index in [0.717, 1.165) is 62.1 Å². The van der Waals surface area contributed by atoms with Crippen molar-refractivity contribution in [2.45, 2.75) is 13.3 Å². The van der Waals surface area contributed by atoms with Gasteiger partial charge < -0.3 is 5.11 Å². The van der Waals surface area contributed by atoms with Gasteiger partial charge in [0.15, 0.2) is 0 Å². The normalized spacial score (nSPS) is 12.5. The SMILES string of the molecule is CC/C(=C(/c1ccc(/C=C/C(=O)O)cc1)c1ccc2[nH]ncc2c1)c1ccc2cn[nH]c2c1. The first-order valence-corrected chi connectivity index (χ1v) is 10.7. The van der Waals surface area contributed by atoms with E-state index in [0.29, 0.717) is 0 Å². The molecular weight excluding hydrogens is 412 g/mol. The lowest BCUT2D eigenvalue weighted by atomic mass is 9.87. The summed E-state index contributed by atoms with van der Waals surface area (Å²) in [6, 6.07) is 20.6. The van der Waals surface area contributed by atoms with Gasteiger partial charge in [-0.3, -0.25) is 10.2 Å². The second-order valence-corrected chi connectivity index (χ2v) is 7.84. The molecule has 0 unspecified atom stereocenters. The maximum Gasteiger partial charge on any atom is 0.328 e. The number of carboxylic acids is 1. The van der Waals surface area contributed by atoms with Crippen LogP contribution in [-0.2, 0) is 4.79 Å². The van der Waals surface area contributed by atoms with Crippen molar-refractivity contribution >= 4 is 45.0 Å². The van der Waals surface area contributed by atoms with E-state index in [4.69, 9.17) is 5.11 Å². The number of H-pyrrole nitrogens is 2. The molecule has 0 bridgehead atoms. The molecule has 162 valence electrons. The second kappa shape index (κ2) is 8.59. The van der Waals surface area contributed by atoms with Gasteiger partial charge in [-0.1, -0.05) is 49.4 Å². The highest BCUT2D eigenvalue weighted by molar-refractivity contribution is 6.01. The zero-order valence-corrected chi connectivity index (χ0v) is 18.0. The highest BCUT2D eigenvalue weighted by Gasteiger charge is 2.15. The van der Waals surface area contributed by atoms with Crippen molar-refractivity contribution in [2.24, 2.45) is 0 Å². The van der Waals surface area contributed by atoms with Gasteiger partial charge in [-0.15, -0.1) is 0 Å². The van der Waals surface area contributed by atoms with Gasteiger partial charge in [-0.2, -0.15) is 10.2 Å². The van der Waals surface area contributed by atoms with Gasteiger partial charge in [0.2, 0.25) is 0 Å². The third-order valence-corrected chi connectivity index (χ3v) is 5.79. The van der Waals surface area contributed by atoms with Crippen LogP contribution in [0, 0.1) is 0 Å². The number of aromatic amines is 2. The van der Waals surface area contributed by atoms with Crippen LogP contribution < -0.4 is 0 Å². The number of allylic oxidation sites excluding steroid dienone is 1. The van der Waals surface area contributed by atoms with Crippen LogP contribution in [0.4, 0.5) is 0 Å². The minimum atomic E-state index is -0.962. The molecule has 0 aliphatic heterocycles. The van der Waals surface area contributed by atoms with Crippen molar-refractivity contribution in [3.8, 4) is 0 Å². The first-order valence-electron chi connectivity index (χ1n) is 10.7. The number of hydrogen-bond donors (Lipinski definition) is 3. The molecule has 0 fully saturated rings. The molecule has 0 aliphatic rings. The Kier molecular flexibility index (Phi) is 5.32. The van der Waals surface area contributed by atoms with E-state index >= 15 is 0 Å². The van der Waals surface area contributed by atoms with Crippen molar-refractivity contribution in [3.63, 3.8) is 0 Å². The fourth-order valence-corrected chi connectivity index (χ4v) is 4.19. The number of fused-ring (bicyclic) bond motifs is 2. The molecule has 0 atom stereocenters. The zero-order chi connectivity index (χ0) is 22.8. The summed E-state index contributed by atoms with van der Waals surface area (Å²) in [4.78, 5) is 10.9. The Labute approximate surface area is 190 Å². The van der Waals surface area contributed by atoms with E-state index in [1.54, 1.807) is 6.08 Å². The lowest BCUT2D eigenvalue weighted by molar-refractivity contribution is -0.131. The van der Waals surface area contributed by atoms with Crippen molar-refractivity contribution in [1.29, 1.82) is 0 Å². The lowest BCUT2D eigenvalue weighted by Crippen LogP contribution is -1.95. The maximum atomic E-state index is 10.9. The predicted molar refractivity (Wildman–Crippen MR) is 132 cm³/mol. The summed E-state index contributed by atoms with van der Waals surface area (Å²) in [5, 5.41) is 25.4. The molecule has 2 heterocycles.